The third kappa shape index (κ3) is 4.38. The van der Waals surface area contributed by atoms with Gasteiger partial charge in [-0.05, 0) is 42.8 Å². The van der Waals surface area contributed by atoms with E-state index in [1.807, 2.05) is 30.3 Å². The number of nitrogens with one attached hydrogen (secondary N) is 1. The van der Waals surface area contributed by atoms with E-state index < -0.39 is 0 Å². The van der Waals surface area contributed by atoms with E-state index in [1.165, 1.54) is 5.56 Å². The lowest BCUT2D eigenvalue weighted by atomic mass is 10.2. The highest BCUT2D eigenvalue weighted by Gasteiger charge is 2.09. The highest BCUT2D eigenvalue weighted by atomic mass is 35.5. The van der Waals surface area contributed by atoms with Crippen LogP contribution >= 0.6 is 35.0 Å². The van der Waals surface area contributed by atoms with Gasteiger partial charge in [0.2, 0.25) is 0 Å². The molecule has 0 amide bonds. The second-order valence-electron chi connectivity index (χ2n) is 4.32. The standard InChI is InChI=1S/C15H16Cl2N2S/c1-2-7-18-10-11-5-6-12(16)9-14(11)20-15-13(17)4-3-8-19-15/h3-6,8-9,18H,2,7,10H2,1H3. The smallest absolute Gasteiger partial charge is 0.119 e. The first-order valence-corrected chi connectivity index (χ1v) is 8.05. The predicted octanol–water partition coefficient (Wildman–Crippen LogP) is 5.04. The van der Waals surface area contributed by atoms with Crippen molar-refractivity contribution >= 4 is 35.0 Å². The Labute approximate surface area is 133 Å². The Bertz CT molecular complexity index is 576. The van der Waals surface area contributed by atoms with Gasteiger partial charge in [-0.1, -0.05) is 48.0 Å². The summed E-state index contributed by atoms with van der Waals surface area (Å²) in [7, 11) is 0. The molecule has 20 heavy (non-hydrogen) atoms. The van der Waals surface area contributed by atoms with Crippen LogP contribution in [0.15, 0.2) is 46.5 Å². The molecular formula is C15H16Cl2N2S. The largest absolute Gasteiger partial charge is 0.313 e. The number of aromatic nitrogens is 1. The first-order chi connectivity index (χ1) is 9.70. The first-order valence-electron chi connectivity index (χ1n) is 6.48. The van der Waals surface area contributed by atoms with Crippen LogP contribution in [0.25, 0.3) is 0 Å². The van der Waals surface area contributed by atoms with Crippen molar-refractivity contribution in [3.63, 3.8) is 0 Å². The number of hydrogen-bond donors (Lipinski definition) is 1. The van der Waals surface area contributed by atoms with Gasteiger partial charge < -0.3 is 5.32 Å². The van der Waals surface area contributed by atoms with Gasteiger partial charge in [0.05, 0.1) is 5.02 Å². The lowest BCUT2D eigenvalue weighted by Crippen LogP contribution is -2.14. The Morgan fingerprint density at radius 1 is 1.25 bits per heavy atom. The normalized spacial score (nSPS) is 10.8. The maximum Gasteiger partial charge on any atom is 0.119 e. The summed E-state index contributed by atoms with van der Waals surface area (Å²) in [6.45, 7) is 3.97. The molecule has 0 aliphatic carbocycles. The summed E-state index contributed by atoms with van der Waals surface area (Å²) in [5.41, 5.74) is 1.20. The fourth-order valence-electron chi connectivity index (χ4n) is 1.72. The molecule has 0 bridgehead atoms. The van der Waals surface area contributed by atoms with Gasteiger partial charge in [-0.25, -0.2) is 4.98 Å². The van der Waals surface area contributed by atoms with Gasteiger partial charge in [0.15, 0.2) is 0 Å². The van der Waals surface area contributed by atoms with Crippen molar-refractivity contribution < 1.29 is 0 Å². The van der Waals surface area contributed by atoms with Crippen molar-refractivity contribution in [2.24, 2.45) is 0 Å². The first kappa shape index (κ1) is 15.6. The summed E-state index contributed by atoms with van der Waals surface area (Å²) in [6.07, 6.45) is 2.86. The van der Waals surface area contributed by atoms with Gasteiger partial charge in [0.1, 0.15) is 5.03 Å². The van der Waals surface area contributed by atoms with Crippen LogP contribution < -0.4 is 5.32 Å². The van der Waals surface area contributed by atoms with Crippen LogP contribution in [0.4, 0.5) is 0 Å². The third-order valence-corrected chi connectivity index (χ3v) is 4.47. The van der Waals surface area contributed by atoms with Gasteiger partial charge in [-0.3, -0.25) is 0 Å². The summed E-state index contributed by atoms with van der Waals surface area (Å²) in [5.74, 6) is 0. The Morgan fingerprint density at radius 2 is 2.10 bits per heavy atom. The van der Waals surface area contributed by atoms with E-state index in [4.69, 9.17) is 23.2 Å². The minimum absolute atomic E-state index is 0.657. The number of halogens is 2. The summed E-state index contributed by atoms with van der Waals surface area (Å²) >= 11 is 13.8. The fourth-order valence-corrected chi connectivity index (χ4v) is 3.14. The van der Waals surface area contributed by atoms with Crippen LogP contribution in [0, 0.1) is 0 Å². The molecule has 0 saturated heterocycles. The molecule has 2 nitrogen and oxygen atoms in total. The van der Waals surface area contributed by atoms with E-state index in [0.717, 1.165) is 34.5 Å². The van der Waals surface area contributed by atoms with Crippen molar-refractivity contribution in [1.29, 1.82) is 0 Å². The number of rotatable bonds is 6. The number of pyridine rings is 1. The zero-order valence-corrected chi connectivity index (χ0v) is 13.5. The molecule has 0 spiro atoms. The molecule has 1 aromatic carbocycles. The summed E-state index contributed by atoms with van der Waals surface area (Å²) in [4.78, 5) is 5.39. The molecule has 1 heterocycles. The van der Waals surface area contributed by atoms with Gasteiger partial charge >= 0.3 is 0 Å². The molecule has 0 atom stereocenters. The SMILES string of the molecule is CCCNCc1ccc(Cl)cc1Sc1ncccc1Cl. The summed E-state index contributed by atoms with van der Waals surface area (Å²) < 4.78 is 0. The van der Waals surface area contributed by atoms with Crippen molar-refractivity contribution in [3.05, 3.63) is 52.1 Å². The maximum atomic E-state index is 6.16. The highest BCUT2D eigenvalue weighted by molar-refractivity contribution is 7.99. The van der Waals surface area contributed by atoms with E-state index in [9.17, 15) is 0 Å². The second-order valence-corrected chi connectivity index (χ2v) is 6.20. The Kier molecular flexibility index (Phi) is 6.17. The summed E-state index contributed by atoms with van der Waals surface area (Å²) in [6, 6.07) is 9.59. The zero-order valence-electron chi connectivity index (χ0n) is 11.2. The molecule has 1 N–H and O–H groups in total. The molecule has 5 heteroatoms. The lowest BCUT2D eigenvalue weighted by molar-refractivity contribution is 0.669. The average Bonchev–Trinajstić information content (AvgIpc) is 2.44. The van der Waals surface area contributed by atoms with E-state index in [-0.39, 0.29) is 0 Å². The predicted molar refractivity (Wildman–Crippen MR) is 86.8 cm³/mol. The molecule has 0 aliphatic heterocycles. The fraction of sp³-hybridized carbons (Fsp3) is 0.267. The molecule has 106 valence electrons. The molecule has 2 rings (SSSR count). The molecule has 0 saturated carbocycles. The zero-order chi connectivity index (χ0) is 14.4. The van der Waals surface area contributed by atoms with Crippen molar-refractivity contribution in [2.45, 2.75) is 29.8 Å². The Morgan fingerprint density at radius 3 is 2.85 bits per heavy atom. The van der Waals surface area contributed by atoms with Crippen LogP contribution in [0.5, 0.6) is 0 Å². The second kappa shape index (κ2) is 7.89. The van der Waals surface area contributed by atoms with E-state index >= 15 is 0 Å². The van der Waals surface area contributed by atoms with E-state index in [1.54, 1.807) is 18.0 Å². The van der Waals surface area contributed by atoms with Gasteiger partial charge in [-0.15, -0.1) is 0 Å². The monoisotopic (exact) mass is 326 g/mol. The van der Waals surface area contributed by atoms with Crippen molar-refractivity contribution in [3.8, 4) is 0 Å². The minimum atomic E-state index is 0.657. The van der Waals surface area contributed by atoms with Crippen LogP contribution in [0.2, 0.25) is 10.0 Å². The molecule has 2 aromatic rings. The van der Waals surface area contributed by atoms with E-state index in [2.05, 4.69) is 17.2 Å². The maximum absolute atomic E-state index is 6.16. The molecule has 0 fully saturated rings. The minimum Gasteiger partial charge on any atom is -0.313 e. The van der Waals surface area contributed by atoms with Crippen LogP contribution in [0.3, 0.4) is 0 Å². The van der Waals surface area contributed by atoms with Crippen molar-refractivity contribution in [1.82, 2.24) is 10.3 Å². The highest BCUT2D eigenvalue weighted by Crippen LogP contribution is 2.34. The van der Waals surface area contributed by atoms with E-state index in [0.29, 0.717) is 5.02 Å². The van der Waals surface area contributed by atoms with Gasteiger partial charge in [0.25, 0.3) is 0 Å². The number of hydrogen-bond acceptors (Lipinski definition) is 3. The third-order valence-electron chi connectivity index (χ3n) is 2.70. The van der Waals surface area contributed by atoms with Crippen molar-refractivity contribution in [2.75, 3.05) is 6.54 Å². The molecule has 0 unspecified atom stereocenters. The summed E-state index contributed by atoms with van der Waals surface area (Å²) in [5, 5.41) is 5.58. The quantitative estimate of drug-likeness (QED) is 0.753. The Balaban J connectivity index is 2.21. The number of nitrogens with zero attached hydrogens (tertiary/aromatic N) is 1. The topological polar surface area (TPSA) is 24.9 Å². The molecule has 0 aliphatic rings. The molecular weight excluding hydrogens is 311 g/mol. The average molecular weight is 327 g/mol. The molecule has 0 radical (unpaired) electrons. The lowest BCUT2D eigenvalue weighted by Gasteiger charge is -2.11. The van der Waals surface area contributed by atoms with Crippen LogP contribution in [-0.4, -0.2) is 11.5 Å². The Hall–Kier alpha value is -0.740. The van der Waals surface area contributed by atoms with Gasteiger partial charge in [-0.2, -0.15) is 0 Å². The van der Waals surface area contributed by atoms with Gasteiger partial charge in [0, 0.05) is 22.7 Å². The van der Waals surface area contributed by atoms with Crippen LogP contribution in [-0.2, 0) is 6.54 Å². The molecule has 1 aromatic heterocycles. The number of benzene rings is 1. The van der Waals surface area contributed by atoms with Crippen LogP contribution in [0.1, 0.15) is 18.9 Å².